The molecule has 4 atom stereocenters. The molecular formula is C31H31F6N3O2. The van der Waals surface area contributed by atoms with Crippen LogP contribution in [0.5, 0.6) is 0 Å². The fraction of sp³-hybridized carbons (Fsp3) is 0.355. The minimum Gasteiger partial charge on any atom is -0.382 e. The number of hydrogen-bond acceptors (Lipinski definition) is 4. The van der Waals surface area contributed by atoms with Crippen LogP contribution in [0.4, 0.5) is 26.3 Å². The first-order valence-electron chi connectivity index (χ1n) is 13.1. The molecule has 224 valence electrons. The lowest BCUT2D eigenvalue weighted by Crippen LogP contribution is -2.53. The molecule has 0 fully saturated rings. The maximum atomic E-state index is 14.7. The largest absolute Gasteiger partial charge is 0.407 e. The van der Waals surface area contributed by atoms with Crippen molar-refractivity contribution in [2.45, 2.75) is 69.2 Å². The Balaban J connectivity index is 1.83. The topological polar surface area (TPSA) is 85.2 Å². The van der Waals surface area contributed by atoms with E-state index in [9.17, 15) is 41.5 Å². The molecule has 0 aromatic heterocycles. The van der Waals surface area contributed by atoms with Gasteiger partial charge in [0.25, 0.3) is 6.43 Å². The number of amides is 1. The summed E-state index contributed by atoms with van der Waals surface area (Å²) in [7, 11) is 0. The monoisotopic (exact) mass is 591 g/mol. The maximum Gasteiger partial charge on any atom is 0.407 e. The molecule has 3 aromatic rings. The predicted molar refractivity (Wildman–Crippen MR) is 146 cm³/mol. The third-order valence-corrected chi connectivity index (χ3v) is 6.52. The highest BCUT2D eigenvalue weighted by Crippen LogP contribution is 2.35. The van der Waals surface area contributed by atoms with Gasteiger partial charge in [-0.25, -0.2) is 13.2 Å². The van der Waals surface area contributed by atoms with Gasteiger partial charge in [0.1, 0.15) is 23.9 Å². The second-order valence-corrected chi connectivity index (χ2v) is 10.5. The molecule has 1 unspecified atom stereocenters. The number of carbonyl (C=O) groups excluding carboxylic acids is 1. The number of aliphatic hydroxyl groups excluding tert-OH is 1. The molecule has 0 bridgehead atoms. The van der Waals surface area contributed by atoms with Crippen molar-refractivity contribution in [3.05, 3.63) is 95.6 Å². The summed E-state index contributed by atoms with van der Waals surface area (Å²) in [5.41, 5.74) is -0.537. The highest BCUT2D eigenvalue weighted by atomic mass is 19.4. The molecule has 0 heterocycles. The lowest BCUT2D eigenvalue weighted by atomic mass is 9.95. The van der Waals surface area contributed by atoms with E-state index in [1.807, 2.05) is 6.07 Å². The van der Waals surface area contributed by atoms with Crippen LogP contribution in [-0.2, 0) is 11.2 Å². The second kappa shape index (κ2) is 13.9. The lowest BCUT2D eigenvalue weighted by Gasteiger charge is -2.30. The van der Waals surface area contributed by atoms with Gasteiger partial charge in [0.2, 0.25) is 5.91 Å². The zero-order chi connectivity index (χ0) is 31.1. The Morgan fingerprint density at radius 1 is 0.881 bits per heavy atom. The van der Waals surface area contributed by atoms with Crippen LogP contribution in [0.15, 0.2) is 78.9 Å². The molecule has 42 heavy (non-hydrogen) atoms. The molecule has 0 aliphatic rings. The SMILES string of the molecule is CC(C)(F)CC(N[C@@H](c1ccc(-c2ccc([C@@H](O)C(F)F)cc2)cc1)C(F)(F)F)C(=O)N[C@H](C#N)Cc1ccccc1. The van der Waals surface area contributed by atoms with Gasteiger partial charge in [-0.2, -0.15) is 18.4 Å². The molecule has 11 heteroatoms. The summed E-state index contributed by atoms with van der Waals surface area (Å²) < 4.78 is 82.9. The lowest BCUT2D eigenvalue weighted by molar-refractivity contribution is -0.161. The van der Waals surface area contributed by atoms with Crippen molar-refractivity contribution in [2.24, 2.45) is 0 Å². The molecule has 3 N–H and O–H groups in total. The van der Waals surface area contributed by atoms with E-state index in [1.165, 1.54) is 48.5 Å². The number of hydrogen-bond donors (Lipinski definition) is 3. The third kappa shape index (κ3) is 9.33. The maximum absolute atomic E-state index is 14.7. The van der Waals surface area contributed by atoms with E-state index in [-0.39, 0.29) is 17.5 Å². The van der Waals surface area contributed by atoms with E-state index in [4.69, 9.17) is 0 Å². The van der Waals surface area contributed by atoms with Crippen LogP contribution in [0.2, 0.25) is 0 Å². The smallest absolute Gasteiger partial charge is 0.382 e. The van der Waals surface area contributed by atoms with E-state index >= 15 is 0 Å². The van der Waals surface area contributed by atoms with Gasteiger partial charge in [0.15, 0.2) is 0 Å². The molecule has 0 aliphatic heterocycles. The van der Waals surface area contributed by atoms with E-state index in [1.54, 1.807) is 30.3 Å². The molecule has 3 aromatic carbocycles. The third-order valence-electron chi connectivity index (χ3n) is 6.52. The summed E-state index contributed by atoms with van der Waals surface area (Å²) in [6.07, 6.45) is -10.3. The van der Waals surface area contributed by atoms with Crippen LogP contribution < -0.4 is 10.6 Å². The summed E-state index contributed by atoms with van der Waals surface area (Å²) >= 11 is 0. The number of alkyl halides is 6. The van der Waals surface area contributed by atoms with E-state index in [0.717, 1.165) is 19.4 Å². The Hall–Kier alpha value is -3.88. The average Bonchev–Trinajstić information content (AvgIpc) is 2.94. The van der Waals surface area contributed by atoms with Gasteiger partial charge >= 0.3 is 6.18 Å². The van der Waals surface area contributed by atoms with Gasteiger partial charge in [-0.15, -0.1) is 0 Å². The van der Waals surface area contributed by atoms with Crippen molar-refractivity contribution in [2.75, 3.05) is 0 Å². The number of nitrogens with zero attached hydrogens (tertiary/aromatic N) is 1. The Labute approximate surface area is 240 Å². The quantitative estimate of drug-likeness (QED) is 0.207. The normalized spacial score (nSPS) is 15.0. The summed E-state index contributed by atoms with van der Waals surface area (Å²) in [4.78, 5) is 13.1. The van der Waals surface area contributed by atoms with Gasteiger partial charge in [0.05, 0.1) is 12.1 Å². The van der Waals surface area contributed by atoms with Gasteiger partial charge in [0, 0.05) is 12.8 Å². The number of carbonyl (C=O) groups is 1. The minimum atomic E-state index is -4.87. The number of rotatable bonds is 12. The van der Waals surface area contributed by atoms with Crippen LogP contribution >= 0.6 is 0 Å². The summed E-state index contributed by atoms with van der Waals surface area (Å²) in [5.74, 6) is -0.944. The predicted octanol–water partition coefficient (Wildman–Crippen LogP) is 6.60. The molecule has 3 rings (SSSR count). The summed E-state index contributed by atoms with van der Waals surface area (Å²) in [5, 5.41) is 23.8. The van der Waals surface area contributed by atoms with Crippen LogP contribution in [0.1, 0.15) is 49.1 Å². The van der Waals surface area contributed by atoms with E-state index in [0.29, 0.717) is 11.1 Å². The molecule has 0 spiro atoms. The van der Waals surface area contributed by atoms with Gasteiger partial charge < -0.3 is 10.4 Å². The fourth-order valence-electron chi connectivity index (χ4n) is 4.43. The van der Waals surface area contributed by atoms with Crippen molar-refractivity contribution in [1.29, 1.82) is 5.26 Å². The van der Waals surface area contributed by atoms with Crippen molar-refractivity contribution < 1.29 is 36.2 Å². The molecule has 0 saturated heterocycles. The number of halogens is 6. The Morgan fingerprint density at radius 3 is 1.86 bits per heavy atom. The van der Waals surface area contributed by atoms with Crippen LogP contribution in [0, 0.1) is 11.3 Å². The Kier molecular flexibility index (Phi) is 10.8. The van der Waals surface area contributed by atoms with Gasteiger partial charge in [-0.1, -0.05) is 78.9 Å². The number of aliphatic hydroxyl groups is 1. The molecular weight excluding hydrogens is 560 g/mol. The number of nitrogens with one attached hydrogen (secondary N) is 2. The second-order valence-electron chi connectivity index (χ2n) is 10.5. The summed E-state index contributed by atoms with van der Waals surface area (Å²) in [6, 6.07) is 16.3. The Morgan fingerprint density at radius 2 is 1.40 bits per heavy atom. The molecule has 0 aliphatic carbocycles. The summed E-state index contributed by atoms with van der Waals surface area (Å²) in [6.45, 7) is 2.29. The van der Waals surface area contributed by atoms with Crippen molar-refractivity contribution in [1.82, 2.24) is 10.6 Å². The van der Waals surface area contributed by atoms with Crippen LogP contribution in [0.25, 0.3) is 11.1 Å². The van der Waals surface area contributed by atoms with E-state index < -0.39 is 54.8 Å². The first-order chi connectivity index (χ1) is 19.7. The van der Waals surface area contributed by atoms with Crippen molar-refractivity contribution >= 4 is 5.91 Å². The Bertz CT molecular complexity index is 1330. The number of nitriles is 1. The average molecular weight is 592 g/mol. The number of benzene rings is 3. The molecule has 0 saturated carbocycles. The van der Waals surface area contributed by atoms with Crippen molar-refractivity contribution in [3.63, 3.8) is 0 Å². The van der Waals surface area contributed by atoms with Gasteiger partial charge in [-0.3, -0.25) is 10.1 Å². The highest BCUT2D eigenvalue weighted by molar-refractivity contribution is 5.82. The molecule has 5 nitrogen and oxygen atoms in total. The van der Waals surface area contributed by atoms with Crippen LogP contribution in [-0.4, -0.2) is 41.4 Å². The highest BCUT2D eigenvalue weighted by Gasteiger charge is 2.44. The first kappa shape index (κ1) is 32.6. The minimum absolute atomic E-state index is 0.00535. The fourth-order valence-corrected chi connectivity index (χ4v) is 4.43. The van der Waals surface area contributed by atoms with Gasteiger partial charge in [-0.05, 0) is 41.7 Å². The zero-order valence-corrected chi connectivity index (χ0v) is 22.9. The van der Waals surface area contributed by atoms with Crippen LogP contribution in [0.3, 0.4) is 0 Å². The van der Waals surface area contributed by atoms with E-state index in [2.05, 4.69) is 10.6 Å². The van der Waals surface area contributed by atoms with Crippen molar-refractivity contribution in [3.8, 4) is 17.2 Å². The molecule has 0 radical (unpaired) electrons. The standard InChI is InChI=1S/C31H31F6N3O2/c1-30(2,34)17-25(29(42)39-24(18-38)16-19-6-4-3-5-7-19)40-27(31(35,36)37)23-14-10-21(11-15-23)20-8-12-22(13-9-20)26(41)28(32)33/h3-15,24-28,40-41H,16-17H2,1-2H3,(H,39,42)/t24-,25?,26+,27-/m0/s1. The molecule has 1 amide bonds. The zero-order valence-electron chi connectivity index (χ0n) is 22.9. The first-order valence-corrected chi connectivity index (χ1v) is 13.1.